The van der Waals surface area contributed by atoms with Gasteiger partial charge in [-0.25, -0.2) is 0 Å². The van der Waals surface area contributed by atoms with Gasteiger partial charge in [0.05, 0.1) is 32.0 Å². The number of aliphatic hydroxyl groups excluding tert-OH is 9. The van der Waals surface area contributed by atoms with Crippen molar-refractivity contribution in [1.29, 1.82) is 0 Å². The summed E-state index contributed by atoms with van der Waals surface area (Å²) in [5.41, 5.74) is 0. The monoisotopic (exact) mass is 529 g/mol. The molecule has 0 aromatic rings. The molecule has 1 amide bonds. The highest BCUT2D eigenvalue weighted by molar-refractivity contribution is 5.73. The topological polar surface area (TPSA) is 257 Å². The van der Waals surface area contributed by atoms with Crippen LogP contribution in [0.5, 0.6) is 0 Å². The van der Waals surface area contributed by atoms with Gasteiger partial charge in [0.15, 0.2) is 18.9 Å². The highest BCUT2D eigenvalue weighted by Gasteiger charge is 2.51. The van der Waals surface area contributed by atoms with E-state index in [0.29, 0.717) is 0 Å². The zero-order valence-corrected chi connectivity index (χ0v) is 19.4. The maximum Gasteiger partial charge on any atom is 0.217 e. The number of hydrogen-bond acceptors (Lipinski definition) is 15. The Kier molecular flexibility index (Phi) is 10.3. The van der Waals surface area contributed by atoms with E-state index < -0.39 is 105 Å². The second kappa shape index (κ2) is 12.6. The number of aliphatic hydroxyl groups is 9. The largest absolute Gasteiger partial charge is 0.394 e. The minimum Gasteiger partial charge on any atom is -0.394 e. The van der Waals surface area contributed by atoms with Crippen LogP contribution in [0.1, 0.15) is 13.3 Å². The van der Waals surface area contributed by atoms with Gasteiger partial charge in [-0.1, -0.05) is 0 Å². The molecule has 3 aliphatic rings. The first-order chi connectivity index (χ1) is 17.0. The number of hydrogen-bond donors (Lipinski definition) is 10. The summed E-state index contributed by atoms with van der Waals surface area (Å²) in [7, 11) is 0. The fourth-order valence-electron chi connectivity index (χ4n) is 4.32. The summed E-state index contributed by atoms with van der Waals surface area (Å²) in [4.78, 5) is 11.7. The van der Waals surface area contributed by atoms with E-state index in [1.54, 1.807) is 0 Å². The van der Waals surface area contributed by atoms with Crippen molar-refractivity contribution in [2.75, 3.05) is 19.8 Å². The maximum atomic E-state index is 11.7. The summed E-state index contributed by atoms with van der Waals surface area (Å²) < 4.78 is 27.5. The average molecular weight is 529 g/mol. The number of carbonyl (C=O) groups is 1. The van der Waals surface area contributed by atoms with Crippen LogP contribution in [0.2, 0.25) is 0 Å². The number of carbonyl (C=O) groups excluding carboxylic acids is 1. The van der Waals surface area contributed by atoms with Gasteiger partial charge in [-0.15, -0.1) is 0 Å². The predicted molar refractivity (Wildman–Crippen MR) is 111 cm³/mol. The Bertz CT molecular complexity index is 705. The SMILES string of the molecule is CC(=O)N[C@H]1[C@H](O[C@@H]2[C@@H](OC[C@@H]3C[C@H](O)[C@@H](O)[C@H](O)O3)O[C@H](CO)[C@@H](O)[C@@H]2O)O[C@H](CO)[C@@H](O)[C@@H]1O. The Morgan fingerprint density at radius 3 is 1.97 bits per heavy atom. The molecule has 10 N–H and O–H groups in total. The summed E-state index contributed by atoms with van der Waals surface area (Å²) in [5, 5.41) is 92.2. The third-order valence-corrected chi connectivity index (χ3v) is 6.34. The van der Waals surface area contributed by atoms with E-state index in [2.05, 4.69) is 5.32 Å². The normalized spacial score (nSPS) is 47.9. The molecule has 16 heteroatoms. The highest BCUT2D eigenvalue weighted by atomic mass is 16.8. The molecule has 0 saturated carbocycles. The van der Waals surface area contributed by atoms with E-state index in [9.17, 15) is 50.8 Å². The first-order valence-electron chi connectivity index (χ1n) is 11.5. The molecule has 0 aromatic heterocycles. The number of ether oxygens (including phenoxy) is 5. The average Bonchev–Trinajstić information content (AvgIpc) is 2.83. The van der Waals surface area contributed by atoms with Crippen molar-refractivity contribution in [2.24, 2.45) is 0 Å². The van der Waals surface area contributed by atoms with Gasteiger partial charge in [0.2, 0.25) is 5.91 Å². The molecule has 210 valence electrons. The Morgan fingerprint density at radius 1 is 0.833 bits per heavy atom. The highest BCUT2D eigenvalue weighted by Crippen LogP contribution is 2.30. The minimum atomic E-state index is -1.75. The van der Waals surface area contributed by atoms with Crippen molar-refractivity contribution in [3.8, 4) is 0 Å². The Morgan fingerprint density at radius 2 is 1.42 bits per heavy atom. The Hall–Kier alpha value is -1.09. The molecule has 16 nitrogen and oxygen atoms in total. The molecule has 3 rings (SSSR count). The number of nitrogens with one attached hydrogen (secondary N) is 1. The molecular formula is C20H35NO15. The summed E-state index contributed by atoms with van der Waals surface area (Å²) >= 11 is 0. The van der Waals surface area contributed by atoms with E-state index in [4.69, 9.17) is 23.7 Å². The molecule has 0 aromatic carbocycles. The summed E-state index contributed by atoms with van der Waals surface area (Å²) in [5.74, 6) is -0.617. The molecule has 3 saturated heterocycles. The first-order valence-corrected chi connectivity index (χ1v) is 11.5. The second-order valence-electron chi connectivity index (χ2n) is 9.02. The van der Waals surface area contributed by atoms with E-state index in [1.165, 1.54) is 0 Å². The molecular weight excluding hydrogens is 494 g/mol. The fourth-order valence-corrected chi connectivity index (χ4v) is 4.32. The van der Waals surface area contributed by atoms with Crippen LogP contribution in [0.3, 0.4) is 0 Å². The standard InChI is InChI=1S/C20H35NO15/c1-6(24)21-11-15(29)13(27)9(3-22)34-19(11)36-17-16(30)14(28)10(4-23)35-20(17)32-5-7-2-8(25)12(26)18(31)33-7/h7-20,22-23,25-31H,2-5H2,1H3,(H,21,24)/t7-,8-,9+,10+,11+,12+,13+,14+,15+,16-,17-,18+,19-,20-/m0/s1. The number of rotatable bonds is 8. The van der Waals surface area contributed by atoms with Crippen molar-refractivity contribution in [2.45, 2.75) is 99.3 Å². The van der Waals surface area contributed by atoms with Crippen LogP contribution in [-0.2, 0) is 28.5 Å². The van der Waals surface area contributed by atoms with Gasteiger partial charge >= 0.3 is 0 Å². The summed E-state index contributed by atoms with van der Waals surface area (Å²) in [6.45, 7) is -0.647. The van der Waals surface area contributed by atoms with Crippen LogP contribution in [0.15, 0.2) is 0 Å². The molecule has 0 radical (unpaired) electrons. The lowest BCUT2D eigenvalue weighted by atomic mass is 9.95. The van der Waals surface area contributed by atoms with Gasteiger partial charge < -0.3 is 75.0 Å². The molecule has 14 atom stereocenters. The molecule has 0 spiro atoms. The third kappa shape index (κ3) is 6.48. The van der Waals surface area contributed by atoms with Crippen LogP contribution in [-0.4, -0.2) is 158 Å². The second-order valence-corrected chi connectivity index (χ2v) is 9.02. The predicted octanol–water partition coefficient (Wildman–Crippen LogP) is -6.40. The van der Waals surface area contributed by atoms with Crippen molar-refractivity contribution >= 4 is 5.91 Å². The van der Waals surface area contributed by atoms with Gasteiger partial charge in [0.25, 0.3) is 0 Å². The van der Waals surface area contributed by atoms with Gasteiger partial charge in [0, 0.05) is 13.3 Å². The smallest absolute Gasteiger partial charge is 0.217 e. The zero-order chi connectivity index (χ0) is 26.7. The van der Waals surface area contributed by atoms with Gasteiger partial charge in [-0.05, 0) is 0 Å². The molecule has 0 aliphatic carbocycles. The van der Waals surface area contributed by atoms with Gasteiger partial charge in [-0.2, -0.15) is 0 Å². The fraction of sp³-hybridized carbons (Fsp3) is 0.950. The maximum absolute atomic E-state index is 11.7. The minimum absolute atomic E-state index is 0.121. The van der Waals surface area contributed by atoms with Crippen molar-refractivity contribution in [1.82, 2.24) is 5.32 Å². The molecule has 3 fully saturated rings. The first kappa shape index (κ1) is 29.5. The molecule has 3 heterocycles. The van der Waals surface area contributed by atoms with E-state index in [0.717, 1.165) is 6.92 Å². The van der Waals surface area contributed by atoms with E-state index >= 15 is 0 Å². The summed E-state index contributed by atoms with van der Waals surface area (Å²) in [6.07, 6.45) is -19.5. The van der Waals surface area contributed by atoms with Crippen LogP contribution < -0.4 is 5.32 Å². The Labute approximate surface area is 205 Å². The third-order valence-electron chi connectivity index (χ3n) is 6.34. The van der Waals surface area contributed by atoms with Crippen LogP contribution in [0.25, 0.3) is 0 Å². The summed E-state index contributed by atoms with van der Waals surface area (Å²) in [6, 6.07) is -1.37. The molecule has 0 bridgehead atoms. The van der Waals surface area contributed by atoms with Gasteiger partial charge in [-0.3, -0.25) is 4.79 Å². The Balaban J connectivity index is 1.78. The lowest BCUT2D eigenvalue weighted by Crippen LogP contribution is -2.67. The van der Waals surface area contributed by atoms with Crippen molar-refractivity contribution in [3.05, 3.63) is 0 Å². The lowest BCUT2D eigenvalue weighted by Gasteiger charge is -2.47. The zero-order valence-electron chi connectivity index (χ0n) is 19.4. The molecule has 36 heavy (non-hydrogen) atoms. The quantitative estimate of drug-likeness (QED) is 0.140. The number of amides is 1. The molecule has 3 aliphatic heterocycles. The molecule has 0 unspecified atom stereocenters. The van der Waals surface area contributed by atoms with E-state index in [-0.39, 0.29) is 13.0 Å². The van der Waals surface area contributed by atoms with E-state index in [1.807, 2.05) is 0 Å². The van der Waals surface area contributed by atoms with Crippen molar-refractivity contribution < 1.29 is 74.4 Å². The van der Waals surface area contributed by atoms with Crippen LogP contribution in [0, 0.1) is 0 Å². The van der Waals surface area contributed by atoms with Crippen molar-refractivity contribution in [3.63, 3.8) is 0 Å². The van der Waals surface area contributed by atoms with Crippen LogP contribution >= 0.6 is 0 Å². The van der Waals surface area contributed by atoms with Gasteiger partial charge in [0.1, 0.15) is 54.9 Å². The lowest BCUT2D eigenvalue weighted by molar-refractivity contribution is -0.359. The van der Waals surface area contributed by atoms with Crippen LogP contribution in [0.4, 0.5) is 0 Å².